The van der Waals surface area contributed by atoms with E-state index < -0.39 is 0 Å². The average Bonchev–Trinajstić information content (AvgIpc) is 2.75. The molecule has 0 bridgehead atoms. The Morgan fingerprint density at radius 1 is 1.07 bits per heavy atom. The molecule has 4 rings (SSSR count). The third kappa shape index (κ3) is 4.62. The first kappa shape index (κ1) is 19.2. The van der Waals surface area contributed by atoms with E-state index in [4.69, 9.17) is 11.6 Å². The Bertz CT molecular complexity index is 794. The van der Waals surface area contributed by atoms with Gasteiger partial charge in [0.2, 0.25) is 11.9 Å². The predicted molar refractivity (Wildman–Crippen MR) is 110 cm³/mol. The minimum absolute atomic E-state index is 0.0389. The molecule has 148 valence electrons. The van der Waals surface area contributed by atoms with Crippen LogP contribution in [-0.2, 0) is 11.3 Å². The number of carbonyl (C=O) groups excluding carboxylic acids is 1. The normalized spacial score (nSPS) is 21.0. The highest BCUT2D eigenvalue weighted by atomic mass is 35.5. The van der Waals surface area contributed by atoms with E-state index in [9.17, 15) is 4.79 Å². The second-order valence-corrected chi connectivity index (χ2v) is 8.00. The number of anilines is 1. The Kier molecular flexibility index (Phi) is 6.07. The lowest BCUT2D eigenvalue weighted by molar-refractivity contribution is -0.137. The molecule has 0 spiro atoms. The maximum Gasteiger partial charge on any atom is 0.227 e. The third-order valence-electron chi connectivity index (χ3n) is 5.58. The molecular weight excluding hydrogens is 374 g/mol. The van der Waals surface area contributed by atoms with Crippen molar-refractivity contribution < 1.29 is 4.79 Å². The molecular formula is C21H26ClN5O. The van der Waals surface area contributed by atoms with E-state index in [1.807, 2.05) is 29.2 Å². The molecule has 1 aromatic carbocycles. The molecule has 28 heavy (non-hydrogen) atoms. The Hall–Kier alpha value is -2.18. The minimum atomic E-state index is 0.0389. The highest BCUT2D eigenvalue weighted by molar-refractivity contribution is 6.30. The number of hydrogen-bond donors (Lipinski definition) is 0. The molecule has 6 nitrogen and oxygen atoms in total. The summed E-state index contributed by atoms with van der Waals surface area (Å²) in [5, 5.41) is 0.774. The molecule has 0 radical (unpaired) electrons. The van der Waals surface area contributed by atoms with Crippen molar-refractivity contribution in [3.63, 3.8) is 0 Å². The van der Waals surface area contributed by atoms with E-state index in [0.717, 1.165) is 63.1 Å². The summed E-state index contributed by atoms with van der Waals surface area (Å²) in [6, 6.07) is 9.82. The maximum atomic E-state index is 13.1. The summed E-state index contributed by atoms with van der Waals surface area (Å²) in [5.41, 5.74) is 1.22. The first-order valence-corrected chi connectivity index (χ1v) is 10.3. The fraction of sp³-hybridized carbons (Fsp3) is 0.476. The van der Waals surface area contributed by atoms with E-state index in [1.165, 1.54) is 5.56 Å². The van der Waals surface area contributed by atoms with Crippen LogP contribution in [-0.4, -0.2) is 64.9 Å². The largest absolute Gasteiger partial charge is 0.340 e. The number of aromatic nitrogens is 2. The van der Waals surface area contributed by atoms with Crippen LogP contribution in [0.5, 0.6) is 0 Å². The molecule has 0 N–H and O–H groups in total. The summed E-state index contributed by atoms with van der Waals surface area (Å²) in [4.78, 5) is 28.3. The molecule has 2 aromatic rings. The van der Waals surface area contributed by atoms with E-state index in [1.54, 1.807) is 12.4 Å². The van der Waals surface area contributed by atoms with Gasteiger partial charge in [-0.15, -0.1) is 0 Å². The highest BCUT2D eigenvalue weighted by Crippen LogP contribution is 2.23. The van der Waals surface area contributed by atoms with Gasteiger partial charge in [0.15, 0.2) is 0 Å². The van der Waals surface area contributed by atoms with Crippen LogP contribution in [0.15, 0.2) is 42.7 Å². The quantitative estimate of drug-likeness (QED) is 0.791. The van der Waals surface area contributed by atoms with Crippen molar-refractivity contribution in [2.45, 2.75) is 19.4 Å². The number of piperazine rings is 1. The van der Waals surface area contributed by atoms with Crippen LogP contribution in [0.1, 0.15) is 18.4 Å². The molecule has 1 aromatic heterocycles. The molecule has 3 heterocycles. The SMILES string of the molecule is O=C(C1CCCN(c2ncccn2)C1)N1CCN(Cc2cccc(Cl)c2)CC1. The van der Waals surface area contributed by atoms with Gasteiger partial charge in [-0.2, -0.15) is 0 Å². The van der Waals surface area contributed by atoms with Crippen molar-refractivity contribution in [2.75, 3.05) is 44.2 Å². The van der Waals surface area contributed by atoms with Gasteiger partial charge >= 0.3 is 0 Å². The Morgan fingerprint density at radius 3 is 2.61 bits per heavy atom. The number of amides is 1. The first-order valence-electron chi connectivity index (χ1n) is 9.96. The zero-order valence-corrected chi connectivity index (χ0v) is 16.8. The lowest BCUT2D eigenvalue weighted by Gasteiger charge is -2.39. The van der Waals surface area contributed by atoms with Crippen LogP contribution in [0.4, 0.5) is 5.95 Å². The maximum absolute atomic E-state index is 13.1. The third-order valence-corrected chi connectivity index (χ3v) is 5.82. The molecule has 2 aliphatic heterocycles. The van der Waals surface area contributed by atoms with Crippen LogP contribution < -0.4 is 4.90 Å². The lowest BCUT2D eigenvalue weighted by Crippen LogP contribution is -2.52. The number of piperidine rings is 1. The zero-order valence-electron chi connectivity index (χ0n) is 16.0. The van der Waals surface area contributed by atoms with Crippen LogP contribution in [0.3, 0.4) is 0 Å². The van der Waals surface area contributed by atoms with Gasteiger partial charge in [0.25, 0.3) is 0 Å². The number of nitrogens with zero attached hydrogens (tertiary/aromatic N) is 5. The average molecular weight is 400 g/mol. The topological polar surface area (TPSA) is 52.6 Å². The molecule has 1 amide bonds. The number of rotatable bonds is 4. The molecule has 2 fully saturated rings. The van der Waals surface area contributed by atoms with Crippen LogP contribution in [0, 0.1) is 5.92 Å². The van der Waals surface area contributed by atoms with Crippen LogP contribution in [0.25, 0.3) is 0 Å². The molecule has 2 aliphatic rings. The van der Waals surface area contributed by atoms with Gasteiger partial charge in [-0.1, -0.05) is 23.7 Å². The van der Waals surface area contributed by atoms with Gasteiger partial charge in [0, 0.05) is 63.2 Å². The summed E-state index contributed by atoms with van der Waals surface area (Å²) in [6.45, 7) is 5.89. The number of halogens is 1. The number of carbonyl (C=O) groups is 1. The molecule has 7 heteroatoms. The van der Waals surface area contributed by atoms with Crippen molar-refractivity contribution in [3.8, 4) is 0 Å². The van der Waals surface area contributed by atoms with Gasteiger partial charge in [0.1, 0.15) is 0 Å². The van der Waals surface area contributed by atoms with Crippen molar-refractivity contribution in [2.24, 2.45) is 5.92 Å². The van der Waals surface area contributed by atoms with E-state index in [0.29, 0.717) is 6.54 Å². The standard InChI is InChI=1S/C21H26ClN5O/c22-19-6-1-4-17(14-19)15-25-10-12-26(13-11-25)20(28)18-5-2-9-27(16-18)21-23-7-3-8-24-21/h1,3-4,6-8,14,18H,2,5,9-13,15-16H2. The van der Waals surface area contributed by atoms with Gasteiger partial charge in [-0.25, -0.2) is 9.97 Å². The smallest absolute Gasteiger partial charge is 0.227 e. The fourth-order valence-corrected chi connectivity index (χ4v) is 4.31. The van der Waals surface area contributed by atoms with Crippen LogP contribution in [0.2, 0.25) is 5.02 Å². The first-order chi connectivity index (χ1) is 13.7. The molecule has 2 saturated heterocycles. The van der Waals surface area contributed by atoms with Crippen molar-refractivity contribution in [3.05, 3.63) is 53.3 Å². The van der Waals surface area contributed by atoms with Crippen molar-refractivity contribution in [1.82, 2.24) is 19.8 Å². The highest BCUT2D eigenvalue weighted by Gasteiger charge is 2.31. The Balaban J connectivity index is 1.30. The Labute approximate surface area is 171 Å². The van der Waals surface area contributed by atoms with E-state index >= 15 is 0 Å². The van der Waals surface area contributed by atoms with Crippen molar-refractivity contribution in [1.29, 1.82) is 0 Å². The fourth-order valence-electron chi connectivity index (χ4n) is 4.09. The van der Waals surface area contributed by atoms with Crippen LogP contribution >= 0.6 is 11.6 Å². The Morgan fingerprint density at radius 2 is 1.86 bits per heavy atom. The number of hydrogen-bond acceptors (Lipinski definition) is 5. The molecule has 0 aliphatic carbocycles. The number of benzene rings is 1. The summed E-state index contributed by atoms with van der Waals surface area (Å²) in [6.07, 6.45) is 5.47. The lowest BCUT2D eigenvalue weighted by atomic mass is 9.96. The van der Waals surface area contributed by atoms with Gasteiger partial charge in [0.05, 0.1) is 5.92 Å². The predicted octanol–water partition coefficient (Wildman–Crippen LogP) is 2.69. The van der Waals surface area contributed by atoms with Gasteiger partial charge in [-0.3, -0.25) is 9.69 Å². The summed E-state index contributed by atoms with van der Waals surface area (Å²) < 4.78 is 0. The molecule has 0 saturated carbocycles. The molecule has 1 unspecified atom stereocenters. The van der Waals surface area contributed by atoms with Gasteiger partial charge in [-0.05, 0) is 36.6 Å². The summed E-state index contributed by atoms with van der Waals surface area (Å²) >= 11 is 6.09. The molecule has 1 atom stereocenters. The van der Waals surface area contributed by atoms with E-state index in [-0.39, 0.29) is 11.8 Å². The zero-order chi connectivity index (χ0) is 19.3. The second kappa shape index (κ2) is 8.88. The van der Waals surface area contributed by atoms with Gasteiger partial charge < -0.3 is 9.80 Å². The second-order valence-electron chi connectivity index (χ2n) is 7.57. The van der Waals surface area contributed by atoms with E-state index in [2.05, 4.69) is 25.8 Å². The van der Waals surface area contributed by atoms with Crippen molar-refractivity contribution >= 4 is 23.5 Å². The summed E-state index contributed by atoms with van der Waals surface area (Å²) in [5.74, 6) is 1.05. The monoisotopic (exact) mass is 399 g/mol. The summed E-state index contributed by atoms with van der Waals surface area (Å²) in [7, 11) is 0. The minimum Gasteiger partial charge on any atom is -0.340 e.